The van der Waals surface area contributed by atoms with Crippen LogP contribution in [0.3, 0.4) is 0 Å². The van der Waals surface area contributed by atoms with Crippen molar-refractivity contribution < 1.29 is 18.0 Å². The Hall–Kier alpha value is -2.41. The first kappa shape index (κ1) is 17.4. The molecule has 1 heterocycles. The molecule has 2 aromatic carbocycles. The minimum Gasteiger partial charge on any atom is -0.333 e. The molecule has 0 aliphatic heterocycles. The van der Waals surface area contributed by atoms with E-state index in [4.69, 9.17) is 0 Å². The molecule has 7 heteroatoms. The van der Waals surface area contributed by atoms with Crippen molar-refractivity contribution in [2.24, 2.45) is 0 Å². The van der Waals surface area contributed by atoms with Gasteiger partial charge in [-0.1, -0.05) is 12.1 Å². The Kier molecular flexibility index (Phi) is 4.51. The van der Waals surface area contributed by atoms with Crippen molar-refractivity contribution in [3.63, 3.8) is 0 Å². The van der Waals surface area contributed by atoms with Crippen LogP contribution in [0.4, 0.5) is 13.2 Å². The zero-order valence-corrected chi connectivity index (χ0v) is 14.4. The van der Waals surface area contributed by atoms with Crippen LogP contribution in [0.15, 0.2) is 48.5 Å². The summed E-state index contributed by atoms with van der Waals surface area (Å²) >= 11 is 1.50. The third kappa shape index (κ3) is 3.51. The van der Waals surface area contributed by atoms with Crippen molar-refractivity contribution in [3.8, 4) is 0 Å². The summed E-state index contributed by atoms with van der Waals surface area (Å²) in [7, 11) is 1.62. The van der Waals surface area contributed by atoms with Crippen molar-refractivity contribution in [3.05, 3.63) is 64.7 Å². The van der Waals surface area contributed by atoms with E-state index in [-0.39, 0.29) is 17.5 Å². The predicted octanol–water partition coefficient (Wildman–Crippen LogP) is 5.15. The van der Waals surface area contributed by atoms with Gasteiger partial charge in [0.25, 0.3) is 5.91 Å². The number of alkyl halides is 3. The summed E-state index contributed by atoms with van der Waals surface area (Å²) in [6.07, 6.45) is -4.41. The molecule has 1 atom stereocenters. The molecule has 1 aromatic heterocycles. The molecule has 0 saturated carbocycles. The van der Waals surface area contributed by atoms with Gasteiger partial charge in [0.1, 0.15) is 5.01 Å². The molecule has 0 radical (unpaired) electrons. The van der Waals surface area contributed by atoms with Crippen LogP contribution in [0.5, 0.6) is 0 Å². The van der Waals surface area contributed by atoms with E-state index in [1.54, 1.807) is 7.05 Å². The lowest BCUT2D eigenvalue weighted by Gasteiger charge is -2.23. The zero-order valence-electron chi connectivity index (χ0n) is 13.5. The van der Waals surface area contributed by atoms with Crippen molar-refractivity contribution in [1.29, 1.82) is 0 Å². The molecule has 0 saturated heterocycles. The molecule has 1 amide bonds. The fourth-order valence-corrected chi connectivity index (χ4v) is 3.48. The lowest BCUT2D eigenvalue weighted by atomic mass is 10.1. The van der Waals surface area contributed by atoms with Crippen molar-refractivity contribution >= 4 is 27.5 Å². The molecule has 130 valence electrons. The van der Waals surface area contributed by atoms with E-state index < -0.39 is 11.7 Å². The number of hydrogen-bond donors (Lipinski definition) is 0. The molecule has 3 rings (SSSR count). The average molecular weight is 364 g/mol. The van der Waals surface area contributed by atoms with Crippen LogP contribution in [-0.4, -0.2) is 22.8 Å². The first-order chi connectivity index (χ1) is 11.8. The maximum absolute atomic E-state index is 12.6. The van der Waals surface area contributed by atoms with Crippen LogP contribution in [0.1, 0.15) is 33.9 Å². The fourth-order valence-electron chi connectivity index (χ4n) is 2.42. The summed E-state index contributed by atoms with van der Waals surface area (Å²) < 4.78 is 38.9. The topological polar surface area (TPSA) is 33.2 Å². The monoisotopic (exact) mass is 364 g/mol. The molecule has 3 aromatic rings. The normalized spacial score (nSPS) is 13.0. The number of para-hydroxylation sites is 1. The molecule has 0 bridgehead atoms. The lowest BCUT2D eigenvalue weighted by Crippen LogP contribution is -2.29. The Morgan fingerprint density at radius 3 is 2.36 bits per heavy atom. The molecule has 3 nitrogen and oxygen atoms in total. The van der Waals surface area contributed by atoms with Gasteiger partial charge in [0.15, 0.2) is 0 Å². The first-order valence-electron chi connectivity index (χ1n) is 7.57. The smallest absolute Gasteiger partial charge is 0.333 e. The van der Waals surface area contributed by atoms with E-state index >= 15 is 0 Å². The third-order valence-corrected chi connectivity index (χ3v) is 5.23. The van der Waals surface area contributed by atoms with Gasteiger partial charge in [-0.2, -0.15) is 13.2 Å². The molecule has 0 aliphatic carbocycles. The van der Waals surface area contributed by atoms with E-state index in [2.05, 4.69) is 4.98 Å². The van der Waals surface area contributed by atoms with Crippen LogP contribution in [0.2, 0.25) is 0 Å². The van der Waals surface area contributed by atoms with E-state index in [0.29, 0.717) is 0 Å². The number of halogens is 3. The number of benzene rings is 2. The maximum Gasteiger partial charge on any atom is 0.416 e. The van der Waals surface area contributed by atoms with Crippen LogP contribution in [0, 0.1) is 0 Å². The molecule has 0 unspecified atom stereocenters. The van der Waals surface area contributed by atoms with Crippen LogP contribution in [0.25, 0.3) is 10.2 Å². The molecule has 0 N–H and O–H groups in total. The predicted molar refractivity (Wildman–Crippen MR) is 91.6 cm³/mol. The van der Waals surface area contributed by atoms with E-state index in [1.165, 1.54) is 28.4 Å². The number of rotatable bonds is 3. The van der Waals surface area contributed by atoms with Gasteiger partial charge in [0.05, 0.1) is 21.8 Å². The van der Waals surface area contributed by atoms with Crippen molar-refractivity contribution in [2.75, 3.05) is 7.05 Å². The van der Waals surface area contributed by atoms with Crippen LogP contribution >= 0.6 is 11.3 Å². The maximum atomic E-state index is 12.6. The van der Waals surface area contributed by atoms with Gasteiger partial charge in [-0.05, 0) is 43.3 Å². The highest BCUT2D eigenvalue weighted by Crippen LogP contribution is 2.31. The second-order valence-electron chi connectivity index (χ2n) is 5.69. The highest BCUT2D eigenvalue weighted by Gasteiger charge is 2.30. The zero-order chi connectivity index (χ0) is 18.2. The summed E-state index contributed by atoms with van der Waals surface area (Å²) in [6, 6.07) is 11.6. The van der Waals surface area contributed by atoms with E-state index in [9.17, 15) is 18.0 Å². The van der Waals surface area contributed by atoms with Gasteiger partial charge in [-0.25, -0.2) is 4.98 Å². The number of carbonyl (C=O) groups is 1. The Labute approximate surface area is 146 Å². The summed E-state index contributed by atoms with van der Waals surface area (Å²) in [6.45, 7) is 1.85. The van der Waals surface area contributed by atoms with Gasteiger partial charge in [0, 0.05) is 12.6 Å². The summed E-state index contributed by atoms with van der Waals surface area (Å²) in [5.41, 5.74) is 0.305. The van der Waals surface area contributed by atoms with Gasteiger partial charge in [-0.3, -0.25) is 4.79 Å². The molecular formula is C18H15F3N2OS. The summed E-state index contributed by atoms with van der Waals surface area (Å²) in [5, 5.41) is 0.781. The molecule has 0 fully saturated rings. The Morgan fingerprint density at radius 2 is 1.76 bits per heavy atom. The Morgan fingerprint density at radius 1 is 1.12 bits per heavy atom. The highest BCUT2D eigenvalue weighted by molar-refractivity contribution is 7.18. The highest BCUT2D eigenvalue weighted by atomic mass is 32.1. The standard InChI is InChI=1S/C18H15F3N2OS/c1-11(16-22-14-5-3-4-6-15(14)25-16)23(2)17(24)12-7-9-13(10-8-12)18(19,20)21/h3-11H,1-2H3/t11-/m0/s1. The SMILES string of the molecule is C[C@@H](c1nc2ccccc2s1)N(C)C(=O)c1ccc(C(F)(F)F)cc1. The Bertz CT molecular complexity index is 870. The minimum absolute atomic E-state index is 0.212. The Balaban J connectivity index is 1.81. The number of hydrogen-bond acceptors (Lipinski definition) is 3. The largest absolute Gasteiger partial charge is 0.416 e. The minimum atomic E-state index is -4.41. The van der Waals surface area contributed by atoms with Crippen molar-refractivity contribution in [2.45, 2.75) is 19.1 Å². The molecular weight excluding hydrogens is 349 g/mol. The molecule has 0 spiro atoms. The van der Waals surface area contributed by atoms with Crippen LogP contribution in [-0.2, 0) is 6.18 Å². The number of nitrogens with zero attached hydrogens (tertiary/aromatic N) is 2. The van der Waals surface area contributed by atoms with Gasteiger partial charge < -0.3 is 4.90 Å². The number of fused-ring (bicyclic) bond motifs is 1. The van der Waals surface area contributed by atoms with Crippen LogP contribution < -0.4 is 0 Å². The van der Waals surface area contributed by atoms with Crippen molar-refractivity contribution in [1.82, 2.24) is 9.88 Å². The number of thiazole rings is 1. The number of amides is 1. The number of aromatic nitrogens is 1. The molecule has 25 heavy (non-hydrogen) atoms. The number of carbonyl (C=O) groups excluding carboxylic acids is 1. The second kappa shape index (κ2) is 6.48. The van der Waals surface area contributed by atoms with E-state index in [1.807, 2.05) is 31.2 Å². The average Bonchev–Trinajstić information content (AvgIpc) is 3.03. The molecule has 0 aliphatic rings. The quantitative estimate of drug-likeness (QED) is 0.644. The summed E-state index contributed by atoms with van der Waals surface area (Å²) in [4.78, 5) is 18.6. The fraction of sp³-hybridized carbons (Fsp3) is 0.222. The second-order valence-corrected chi connectivity index (χ2v) is 6.75. The van der Waals surface area contributed by atoms with Gasteiger partial charge >= 0.3 is 6.18 Å². The van der Waals surface area contributed by atoms with E-state index in [0.717, 1.165) is 27.4 Å². The third-order valence-electron chi connectivity index (χ3n) is 4.03. The summed E-state index contributed by atoms with van der Waals surface area (Å²) in [5.74, 6) is -0.347. The first-order valence-corrected chi connectivity index (χ1v) is 8.39. The van der Waals surface area contributed by atoms with Gasteiger partial charge in [0.2, 0.25) is 0 Å². The van der Waals surface area contributed by atoms with Gasteiger partial charge in [-0.15, -0.1) is 11.3 Å². The lowest BCUT2D eigenvalue weighted by molar-refractivity contribution is -0.137.